The van der Waals surface area contributed by atoms with Gasteiger partial charge in [0.05, 0.1) is 0 Å². The number of nitrogens with zero attached hydrogens (tertiary/aromatic N) is 4. The summed E-state index contributed by atoms with van der Waals surface area (Å²) in [5.74, 6) is -0.735. The van der Waals surface area contributed by atoms with E-state index in [0.29, 0.717) is 5.56 Å². The fourth-order valence-corrected chi connectivity index (χ4v) is 2.17. The molecule has 1 heterocycles. The number of carbonyl (C=O) groups is 3. The first-order valence-electron chi connectivity index (χ1n) is 6.69. The highest BCUT2D eigenvalue weighted by Crippen LogP contribution is 2.23. The summed E-state index contributed by atoms with van der Waals surface area (Å²) in [6.45, 7) is 2.50. The van der Waals surface area contributed by atoms with Crippen molar-refractivity contribution in [2.24, 2.45) is 10.4 Å². The van der Waals surface area contributed by atoms with Crippen LogP contribution in [-0.2, 0) is 9.59 Å². The van der Waals surface area contributed by atoms with Crippen molar-refractivity contribution in [1.29, 1.82) is 0 Å². The van der Waals surface area contributed by atoms with Crippen LogP contribution in [0.2, 0.25) is 0 Å². The molecule has 0 N–H and O–H groups in total. The summed E-state index contributed by atoms with van der Waals surface area (Å²) < 4.78 is 0. The molecular weight excluding hydrogens is 284 g/mol. The molecule has 0 amide bonds. The van der Waals surface area contributed by atoms with Gasteiger partial charge in [-0.05, 0) is 24.3 Å². The zero-order chi connectivity index (χ0) is 16.3. The van der Waals surface area contributed by atoms with E-state index in [1.807, 2.05) is 6.07 Å². The highest BCUT2D eigenvalue weighted by molar-refractivity contribution is 6.19. The number of ketones is 3. The van der Waals surface area contributed by atoms with Crippen molar-refractivity contribution in [1.82, 2.24) is 10.0 Å². The monoisotopic (exact) mass is 300 g/mol. The fraction of sp³-hybridized carbons (Fsp3) is 0.267. The van der Waals surface area contributed by atoms with E-state index in [1.165, 1.54) is 23.9 Å². The van der Waals surface area contributed by atoms with Crippen LogP contribution in [0.3, 0.4) is 0 Å². The zero-order valence-corrected chi connectivity index (χ0v) is 12.6. The Morgan fingerprint density at radius 1 is 1.00 bits per heavy atom. The lowest BCUT2D eigenvalue weighted by Gasteiger charge is -2.19. The Balaban J connectivity index is 2.32. The van der Waals surface area contributed by atoms with Crippen molar-refractivity contribution < 1.29 is 14.4 Å². The maximum atomic E-state index is 12.3. The van der Waals surface area contributed by atoms with E-state index >= 15 is 0 Å². The Labute approximate surface area is 127 Å². The molecule has 0 bridgehead atoms. The van der Waals surface area contributed by atoms with Gasteiger partial charge in [0.1, 0.15) is 12.1 Å². The fourth-order valence-electron chi connectivity index (χ4n) is 2.17. The molecule has 0 aromatic heterocycles. The van der Waals surface area contributed by atoms with Crippen molar-refractivity contribution >= 4 is 17.3 Å². The summed E-state index contributed by atoms with van der Waals surface area (Å²) in [6.07, 6.45) is 0. The minimum atomic E-state index is -0.390. The predicted octanol–water partition coefficient (Wildman–Crippen LogP) is 1.79. The Morgan fingerprint density at radius 2 is 1.59 bits per heavy atom. The lowest BCUT2D eigenvalue weighted by Crippen LogP contribution is -2.30. The van der Waals surface area contributed by atoms with E-state index in [4.69, 9.17) is 0 Å². The van der Waals surface area contributed by atoms with Crippen LogP contribution in [0.15, 0.2) is 52.2 Å². The van der Waals surface area contributed by atoms with Gasteiger partial charge in [0.15, 0.2) is 23.2 Å². The van der Waals surface area contributed by atoms with Gasteiger partial charge in [-0.1, -0.05) is 30.3 Å². The predicted molar refractivity (Wildman–Crippen MR) is 78.5 cm³/mol. The van der Waals surface area contributed by atoms with Gasteiger partial charge in [0.25, 0.3) is 0 Å². The molecule has 7 heteroatoms. The normalized spacial score (nSPS) is 13.5. The van der Waals surface area contributed by atoms with Gasteiger partial charge in [0, 0.05) is 12.6 Å². The zero-order valence-electron chi connectivity index (χ0n) is 12.6. The van der Waals surface area contributed by atoms with Gasteiger partial charge >= 0.3 is 0 Å². The summed E-state index contributed by atoms with van der Waals surface area (Å²) in [7, 11) is 1.57. The van der Waals surface area contributed by atoms with E-state index < -0.39 is 0 Å². The van der Waals surface area contributed by atoms with E-state index in [2.05, 4.69) is 10.4 Å². The summed E-state index contributed by atoms with van der Waals surface area (Å²) in [5.41, 5.74) is 0.507. The first-order chi connectivity index (χ1) is 10.4. The van der Waals surface area contributed by atoms with E-state index in [9.17, 15) is 14.4 Å². The highest BCUT2D eigenvalue weighted by Gasteiger charge is 2.30. The molecule has 0 unspecified atom stereocenters. The Hall–Kier alpha value is -2.83. The van der Waals surface area contributed by atoms with Gasteiger partial charge in [0.2, 0.25) is 0 Å². The average molecular weight is 300 g/mol. The van der Waals surface area contributed by atoms with Crippen molar-refractivity contribution in [3.05, 3.63) is 47.3 Å². The van der Waals surface area contributed by atoms with Crippen LogP contribution < -0.4 is 0 Å². The number of carbonyl (C=O) groups excluding carboxylic acids is 3. The summed E-state index contributed by atoms with van der Waals surface area (Å²) in [5, 5.41) is 10.2. The summed E-state index contributed by atoms with van der Waals surface area (Å²) in [6, 6.07) is 8.73. The first-order valence-corrected chi connectivity index (χ1v) is 6.69. The van der Waals surface area contributed by atoms with Crippen LogP contribution >= 0.6 is 0 Å². The molecular formula is C15H16N4O3. The maximum Gasteiger partial charge on any atom is 0.184 e. The molecule has 0 radical (unpaired) electrons. The molecule has 1 aromatic rings. The van der Waals surface area contributed by atoms with E-state index in [1.54, 1.807) is 31.3 Å². The van der Waals surface area contributed by atoms with Crippen LogP contribution in [0.4, 0.5) is 0 Å². The topological polar surface area (TPSA) is 82.4 Å². The quantitative estimate of drug-likeness (QED) is 0.358. The van der Waals surface area contributed by atoms with E-state index in [-0.39, 0.29) is 35.3 Å². The molecule has 114 valence electrons. The Bertz CT molecular complexity index is 663. The standard InChI is InChI=1S/C15H16N4O3/c1-10(20)14(11(2)21)15-18(3)16-17-19(15)9-13(22)12-7-5-4-6-8-12/h4-8H,9H2,1-3H3. The van der Waals surface area contributed by atoms with Gasteiger partial charge in [-0.15, -0.1) is 0 Å². The van der Waals surface area contributed by atoms with Crippen molar-refractivity contribution in [2.45, 2.75) is 13.8 Å². The minimum Gasteiger partial charge on any atom is -0.294 e. The molecule has 1 aliphatic heterocycles. The van der Waals surface area contributed by atoms with Crippen molar-refractivity contribution in [2.75, 3.05) is 13.6 Å². The average Bonchev–Trinajstić information content (AvgIpc) is 2.81. The van der Waals surface area contributed by atoms with Gasteiger partial charge in [-0.3, -0.25) is 14.4 Å². The minimum absolute atomic E-state index is 0.0200. The third-order valence-corrected chi connectivity index (χ3v) is 3.15. The molecule has 0 spiro atoms. The third kappa shape index (κ3) is 3.08. The van der Waals surface area contributed by atoms with Crippen LogP contribution in [0, 0.1) is 0 Å². The highest BCUT2D eigenvalue weighted by atomic mass is 16.2. The summed E-state index contributed by atoms with van der Waals surface area (Å²) >= 11 is 0. The molecule has 22 heavy (non-hydrogen) atoms. The molecule has 0 aliphatic carbocycles. The first kappa shape index (κ1) is 15.6. The molecule has 1 aromatic carbocycles. The van der Waals surface area contributed by atoms with Crippen molar-refractivity contribution in [3.63, 3.8) is 0 Å². The second kappa shape index (κ2) is 6.30. The lowest BCUT2D eigenvalue weighted by atomic mass is 10.1. The second-order valence-corrected chi connectivity index (χ2v) is 4.86. The smallest absolute Gasteiger partial charge is 0.184 e. The molecule has 7 nitrogen and oxygen atoms in total. The molecule has 2 rings (SSSR count). The number of allylic oxidation sites excluding steroid dienone is 1. The van der Waals surface area contributed by atoms with E-state index in [0.717, 1.165) is 0 Å². The summed E-state index contributed by atoms with van der Waals surface area (Å²) in [4.78, 5) is 35.7. The van der Waals surface area contributed by atoms with Gasteiger partial charge in [-0.25, -0.2) is 10.0 Å². The number of hydrogen-bond donors (Lipinski definition) is 0. The molecule has 1 aliphatic rings. The number of rotatable bonds is 5. The lowest BCUT2D eigenvalue weighted by molar-refractivity contribution is -0.119. The van der Waals surface area contributed by atoms with Crippen LogP contribution in [0.5, 0.6) is 0 Å². The van der Waals surface area contributed by atoms with Gasteiger partial charge in [-0.2, -0.15) is 0 Å². The van der Waals surface area contributed by atoms with Gasteiger partial charge < -0.3 is 0 Å². The largest absolute Gasteiger partial charge is 0.294 e. The third-order valence-electron chi connectivity index (χ3n) is 3.15. The Morgan fingerprint density at radius 3 is 2.14 bits per heavy atom. The maximum absolute atomic E-state index is 12.3. The van der Waals surface area contributed by atoms with Crippen molar-refractivity contribution in [3.8, 4) is 0 Å². The van der Waals surface area contributed by atoms with Crippen LogP contribution in [0.25, 0.3) is 0 Å². The Kier molecular flexibility index (Phi) is 4.45. The number of Topliss-reactive ketones (excluding diaryl/α,β-unsaturated/α-hetero) is 3. The molecule has 0 saturated carbocycles. The van der Waals surface area contributed by atoms with Crippen LogP contribution in [-0.4, -0.2) is 41.0 Å². The number of hydrogen-bond acceptors (Lipinski definition) is 7. The molecule has 0 atom stereocenters. The SMILES string of the molecule is CC(=O)C(C(C)=O)=C1N(C)N=NN1CC(=O)c1ccccc1. The second-order valence-electron chi connectivity index (χ2n) is 4.86. The molecule has 0 fully saturated rings. The molecule has 0 saturated heterocycles. The number of benzene rings is 1. The van der Waals surface area contributed by atoms with Crippen LogP contribution in [0.1, 0.15) is 24.2 Å².